The van der Waals surface area contributed by atoms with Crippen LogP contribution in [-0.2, 0) is 22.7 Å². The van der Waals surface area contributed by atoms with Crippen LogP contribution in [-0.4, -0.2) is 20.9 Å². The molecule has 9 heteroatoms. The van der Waals surface area contributed by atoms with Crippen LogP contribution in [0.3, 0.4) is 0 Å². The molecule has 4 rings (SSSR count). The van der Waals surface area contributed by atoms with Gasteiger partial charge >= 0.3 is 5.69 Å². The van der Waals surface area contributed by atoms with Crippen molar-refractivity contribution in [2.75, 3.05) is 10.6 Å². The Balaban J connectivity index is 1.47. The molecule has 2 N–H and O–H groups in total. The van der Waals surface area contributed by atoms with Crippen LogP contribution in [0.1, 0.15) is 19.3 Å². The number of anilines is 2. The van der Waals surface area contributed by atoms with Crippen molar-refractivity contribution in [1.82, 2.24) is 9.13 Å². The summed E-state index contributed by atoms with van der Waals surface area (Å²) in [5, 5.41) is 5.75. The van der Waals surface area contributed by atoms with Crippen molar-refractivity contribution in [3.05, 3.63) is 106 Å². The van der Waals surface area contributed by atoms with Gasteiger partial charge in [0.1, 0.15) is 12.4 Å². The smallest absolute Gasteiger partial charge is 0.326 e. The number of fused-ring (bicyclic) bond motifs is 1. The van der Waals surface area contributed by atoms with Crippen molar-refractivity contribution in [2.24, 2.45) is 0 Å². The molecule has 8 nitrogen and oxygen atoms in total. The van der Waals surface area contributed by atoms with Crippen molar-refractivity contribution < 1.29 is 14.0 Å². The molecule has 0 aliphatic rings. The fraction of sp³-hybridized carbons (Fsp3) is 0.185. The summed E-state index contributed by atoms with van der Waals surface area (Å²) >= 11 is 0. The Hall–Kier alpha value is -4.53. The third kappa shape index (κ3) is 5.93. The lowest BCUT2D eigenvalue weighted by atomic mass is 10.2. The van der Waals surface area contributed by atoms with Crippen LogP contribution in [0.5, 0.6) is 0 Å². The first-order valence-corrected chi connectivity index (χ1v) is 11.5. The number of amides is 2. The second kappa shape index (κ2) is 11.3. The quantitative estimate of drug-likeness (QED) is 0.350. The summed E-state index contributed by atoms with van der Waals surface area (Å²) in [7, 11) is 0. The number of hydrogen-bond acceptors (Lipinski definition) is 4. The van der Waals surface area contributed by atoms with Crippen molar-refractivity contribution in [3.63, 3.8) is 0 Å². The molecule has 3 aromatic carbocycles. The zero-order valence-electron chi connectivity index (χ0n) is 19.4. The van der Waals surface area contributed by atoms with E-state index in [2.05, 4.69) is 10.6 Å². The molecule has 0 radical (unpaired) electrons. The van der Waals surface area contributed by atoms with Crippen LogP contribution in [0.25, 0.3) is 10.9 Å². The Morgan fingerprint density at radius 2 is 1.36 bits per heavy atom. The van der Waals surface area contributed by atoms with Crippen LogP contribution < -0.4 is 21.9 Å². The molecule has 1 heterocycles. The molecule has 184 valence electrons. The average Bonchev–Trinajstić information content (AvgIpc) is 2.88. The van der Waals surface area contributed by atoms with E-state index in [0.29, 0.717) is 35.1 Å². The van der Waals surface area contributed by atoms with Gasteiger partial charge < -0.3 is 10.6 Å². The number of rotatable bonds is 9. The Bertz CT molecular complexity index is 1490. The van der Waals surface area contributed by atoms with Gasteiger partial charge in [0.15, 0.2) is 0 Å². The van der Waals surface area contributed by atoms with E-state index in [-0.39, 0.29) is 25.4 Å². The first-order chi connectivity index (χ1) is 17.4. The number of carbonyl (C=O) groups excluding carboxylic acids is 2. The third-order valence-corrected chi connectivity index (χ3v) is 5.66. The fourth-order valence-electron chi connectivity index (χ4n) is 3.90. The van der Waals surface area contributed by atoms with E-state index < -0.39 is 23.0 Å². The molecule has 1 aromatic heterocycles. The Kier molecular flexibility index (Phi) is 7.69. The van der Waals surface area contributed by atoms with Gasteiger partial charge in [0.05, 0.1) is 10.9 Å². The molecule has 2 amide bonds. The van der Waals surface area contributed by atoms with Crippen molar-refractivity contribution in [3.8, 4) is 0 Å². The van der Waals surface area contributed by atoms with Crippen molar-refractivity contribution >= 4 is 34.1 Å². The summed E-state index contributed by atoms with van der Waals surface area (Å²) in [5.41, 5.74) is 0.386. The Labute approximate surface area is 206 Å². The lowest BCUT2D eigenvalue weighted by Crippen LogP contribution is -2.41. The number of aromatic nitrogens is 2. The van der Waals surface area contributed by atoms with Crippen molar-refractivity contribution in [2.45, 2.75) is 32.4 Å². The minimum Gasteiger partial charge on any atom is -0.326 e. The second-order valence-electron chi connectivity index (χ2n) is 8.27. The number of para-hydroxylation sites is 2. The van der Waals surface area contributed by atoms with Gasteiger partial charge in [-0.1, -0.05) is 30.3 Å². The lowest BCUT2D eigenvalue weighted by Gasteiger charge is -2.14. The van der Waals surface area contributed by atoms with E-state index >= 15 is 0 Å². The molecule has 0 fully saturated rings. The molecule has 0 aliphatic heterocycles. The normalized spacial score (nSPS) is 10.8. The third-order valence-electron chi connectivity index (χ3n) is 5.66. The minimum absolute atomic E-state index is 0.112. The average molecular weight is 489 g/mol. The highest BCUT2D eigenvalue weighted by Gasteiger charge is 2.15. The predicted molar refractivity (Wildman–Crippen MR) is 136 cm³/mol. The van der Waals surface area contributed by atoms with E-state index in [0.717, 1.165) is 4.57 Å². The summed E-state index contributed by atoms with van der Waals surface area (Å²) in [6, 6.07) is 21.0. The van der Waals surface area contributed by atoms with E-state index in [1.54, 1.807) is 36.4 Å². The molecular formula is C27H25FN4O4. The fourth-order valence-corrected chi connectivity index (χ4v) is 3.90. The monoisotopic (exact) mass is 488 g/mol. The number of nitrogens with zero attached hydrogens (tertiary/aromatic N) is 2. The lowest BCUT2D eigenvalue weighted by molar-refractivity contribution is -0.117. The maximum atomic E-state index is 13.2. The molecular weight excluding hydrogens is 463 g/mol. The molecule has 0 unspecified atom stereocenters. The standard InChI is InChI=1S/C27H25FN4O4/c28-19-13-15-21(16-14-19)30-25(34)18-32-23-11-5-4-10-22(23)26(35)31(27(32)36)17-7-6-12-24(33)29-20-8-2-1-3-9-20/h1-5,8-11,13-16H,6-7,12,17-18H2,(H,29,33)(H,30,34). The highest BCUT2D eigenvalue weighted by Crippen LogP contribution is 2.11. The van der Waals surface area contributed by atoms with Gasteiger partial charge in [-0.3, -0.25) is 23.5 Å². The first-order valence-electron chi connectivity index (χ1n) is 11.5. The molecule has 0 saturated heterocycles. The van der Waals surface area contributed by atoms with E-state index in [1.165, 1.54) is 28.8 Å². The maximum absolute atomic E-state index is 13.2. The molecule has 36 heavy (non-hydrogen) atoms. The molecule has 0 spiro atoms. The van der Waals surface area contributed by atoms with Gasteiger partial charge in [-0.05, 0) is 61.4 Å². The summed E-state index contributed by atoms with van der Waals surface area (Å²) in [6.07, 6.45) is 1.14. The second-order valence-corrected chi connectivity index (χ2v) is 8.27. The van der Waals surface area contributed by atoms with Gasteiger partial charge in [0.2, 0.25) is 11.8 Å². The Morgan fingerprint density at radius 3 is 2.11 bits per heavy atom. The zero-order valence-corrected chi connectivity index (χ0v) is 19.4. The highest BCUT2D eigenvalue weighted by atomic mass is 19.1. The number of unbranched alkanes of at least 4 members (excludes halogenated alkanes) is 1. The molecule has 0 atom stereocenters. The van der Waals surface area contributed by atoms with Gasteiger partial charge in [0.25, 0.3) is 5.56 Å². The first kappa shape index (κ1) is 24.6. The molecule has 0 aliphatic carbocycles. The topological polar surface area (TPSA) is 102 Å². The summed E-state index contributed by atoms with van der Waals surface area (Å²) in [4.78, 5) is 51.1. The van der Waals surface area contributed by atoms with Gasteiger partial charge in [0, 0.05) is 24.3 Å². The molecule has 0 saturated carbocycles. The van der Waals surface area contributed by atoms with Crippen molar-refractivity contribution in [1.29, 1.82) is 0 Å². The zero-order chi connectivity index (χ0) is 25.5. The number of halogens is 1. The molecule has 0 bridgehead atoms. The molecule has 4 aromatic rings. The van der Waals surface area contributed by atoms with Gasteiger partial charge in [-0.2, -0.15) is 0 Å². The van der Waals surface area contributed by atoms with Crippen LogP contribution >= 0.6 is 0 Å². The summed E-state index contributed by atoms with van der Waals surface area (Å²) < 4.78 is 15.5. The van der Waals surface area contributed by atoms with E-state index in [1.807, 2.05) is 18.2 Å². The largest absolute Gasteiger partial charge is 0.331 e. The SMILES string of the molecule is O=C(CCCCn1c(=O)c2ccccc2n(CC(=O)Nc2ccc(F)cc2)c1=O)Nc1ccccc1. The highest BCUT2D eigenvalue weighted by molar-refractivity contribution is 5.92. The van der Waals surface area contributed by atoms with E-state index in [9.17, 15) is 23.6 Å². The predicted octanol–water partition coefficient (Wildman–Crippen LogP) is 3.75. The van der Waals surface area contributed by atoms with Crippen LogP contribution in [0.2, 0.25) is 0 Å². The maximum Gasteiger partial charge on any atom is 0.331 e. The van der Waals surface area contributed by atoms with Crippen LogP contribution in [0, 0.1) is 5.82 Å². The van der Waals surface area contributed by atoms with Gasteiger partial charge in [-0.25, -0.2) is 9.18 Å². The summed E-state index contributed by atoms with van der Waals surface area (Å²) in [6.45, 7) is -0.211. The number of carbonyl (C=O) groups is 2. The van der Waals surface area contributed by atoms with Gasteiger partial charge in [-0.15, -0.1) is 0 Å². The van der Waals surface area contributed by atoms with Crippen LogP contribution in [0.4, 0.5) is 15.8 Å². The van der Waals surface area contributed by atoms with E-state index in [4.69, 9.17) is 0 Å². The summed E-state index contributed by atoms with van der Waals surface area (Å²) in [5.74, 6) is -1.07. The Morgan fingerprint density at radius 1 is 0.722 bits per heavy atom. The van der Waals surface area contributed by atoms with Crippen LogP contribution in [0.15, 0.2) is 88.5 Å². The minimum atomic E-state index is -0.610. The number of hydrogen-bond donors (Lipinski definition) is 2. The number of nitrogens with one attached hydrogen (secondary N) is 2. The number of benzene rings is 3.